The molecule has 0 saturated carbocycles. The zero-order chi connectivity index (χ0) is 9.19. The third-order valence-corrected chi connectivity index (χ3v) is 2.89. The van der Waals surface area contributed by atoms with Crippen LogP contribution in [0, 0.1) is 0 Å². The second kappa shape index (κ2) is 3.33. The van der Waals surface area contributed by atoms with E-state index in [9.17, 15) is 4.79 Å². The van der Waals surface area contributed by atoms with Crippen molar-refractivity contribution in [2.45, 2.75) is 19.4 Å². The van der Waals surface area contributed by atoms with Crippen molar-refractivity contribution >= 4 is 17.6 Å². The van der Waals surface area contributed by atoms with Crippen LogP contribution in [0.5, 0.6) is 0 Å². The van der Waals surface area contributed by atoms with Gasteiger partial charge in [0, 0.05) is 13.3 Å². The molecule has 0 unspecified atom stereocenters. The Morgan fingerprint density at radius 3 is 2.75 bits per heavy atom. The number of aldehydes is 1. The summed E-state index contributed by atoms with van der Waals surface area (Å²) in [5.41, 5.74) is -0.397. The molecule has 0 radical (unpaired) electrons. The normalized spacial score (nSPS) is 11.6. The van der Waals surface area contributed by atoms with E-state index in [-0.39, 0.29) is 0 Å². The number of carbonyl (C=O) groups excluding carboxylic acids is 1. The molecular formula is C8H11NO2S. The first kappa shape index (κ1) is 9.35. The minimum Gasteiger partial charge on any atom is -0.372 e. The Kier molecular flexibility index (Phi) is 2.59. The quantitative estimate of drug-likeness (QED) is 0.674. The Bertz CT molecular complexity index is 280. The molecule has 12 heavy (non-hydrogen) atoms. The van der Waals surface area contributed by atoms with Gasteiger partial charge in [-0.05, 0) is 13.8 Å². The lowest BCUT2D eigenvalue weighted by molar-refractivity contribution is 0.0190. The molecule has 0 saturated heterocycles. The lowest BCUT2D eigenvalue weighted by Gasteiger charge is -2.19. The summed E-state index contributed by atoms with van der Waals surface area (Å²) in [6.45, 7) is 3.83. The van der Waals surface area contributed by atoms with E-state index in [1.807, 2.05) is 13.8 Å². The van der Waals surface area contributed by atoms with Crippen molar-refractivity contribution in [2.24, 2.45) is 0 Å². The van der Waals surface area contributed by atoms with Crippen molar-refractivity contribution in [1.82, 2.24) is 4.98 Å². The van der Waals surface area contributed by atoms with Gasteiger partial charge in [-0.25, -0.2) is 4.98 Å². The average molecular weight is 185 g/mol. The number of nitrogens with zero attached hydrogens (tertiary/aromatic N) is 1. The van der Waals surface area contributed by atoms with E-state index >= 15 is 0 Å². The van der Waals surface area contributed by atoms with Gasteiger partial charge in [0.05, 0.1) is 4.88 Å². The Morgan fingerprint density at radius 1 is 1.67 bits per heavy atom. The maximum atomic E-state index is 10.4. The van der Waals surface area contributed by atoms with Gasteiger partial charge >= 0.3 is 0 Å². The molecule has 3 nitrogen and oxygen atoms in total. The molecule has 66 valence electrons. The molecule has 0 aliphatic heterocycles. The Hall–Kier alpha value is -0.740. The third kappa shape index (κ3) is 1.70. The zero-order valence-electron chi connectivity index (χ0n) is 7.33. The molecule has 0 spiro atoms. The van der Waals surface area contributed by atoms with Gasteiger partial charge in [0.1, 0.15) is 10.6 Å². The van der Waals surface area contributed by atoms with Crippen molar-refractivity contribution in [1.29, 1.82) is 0 Å². The molecule has 0 atom stereocenters. The minimum absolute atomic E-state index is 0.397. The highest BCUT2D eigenvalue weighted by atomic mass is 32.1. The molecule has 1 aromatic rings. The van der Waals surface area contributed by atoms with Gasteiger partial charge in [-0.3, -0.25) is 4.79 Å². The van der Waals surface area contributed by atoms with Crippen LogP contribution in [0.2, 0.25) is 0 Å². The lowest BCUT2D eigenvalue weighted by Crippen LogP contribution is -2.18. The fraction of sp³-hybridized carbons (Fsp3) is 0.500. The van der Waals surface area contributed by atoms with Gasteiger partial charge in [-0.2, -0.15) is 0 Å². The summed E-state index contributed by atoms with van der Waals surface area (Å²) < 4.78 is 5.21. The predicted molar refractivity (Wildman–Crippen MR) is 47.5 cm³/mol. The maximum Gasteiger partial charge on any atom is 0.161 e. The molecule has 0 aliphatic carbocycles. The molecule has 1 aromatic heterocycles. The van der Waals surface area contributed by atoms with E-state index in [1.165, 1.54) is 11.3 Å². The zero-order valence-corrected chi connectivity index (χ0v) is 8.14. The highest BCUT2D eigenvalue weighted by Crippen LogP contribution is 2.26. The van der Waals surface area contributed by atoms with Crippen LogP contribution < -0.4 is 0 Å². The van der Waals surface area contributed by atoms with E-state index in [0.717, 1.165) is 11.3 Å². The van der Waals surface area contributed by atoms with Crippen molar-refractivity contribution in [2.75, 3.05) is 7.11 Å². The Balaban J connectivity index is 2.95. The van der Waals surface area contributed by atoms with E-state index in [0.29, 0.717) is 4.88 Å². The Labute approximate surface area is 75.4 Å². The van der Waals surface area contributed by atoms with E-state index in [2.05, 4.69) is 4.98 Å². The number of hydrogen-bond donors (Lipinski definition) is 0. The monoisotopic (exact) mass is 185 g/mol. The molecule has 1 heterocycles. The Morgan fingerprint density at radius 2 is 2.33 bits per heavy atom. The molecular weight excluding hydrogens is 174 g/mol. The van der Waals surface area contributed by atoms with E-state index < -0.39 is 5.60 Å². The molecule has 0 N–H and O–H groups in total. The molecule has 0 aliphatic rings. The number of ether oxygens (including phenoxy) is 1. The van der Waals surface area contributed by atoms with Crippen LogP contribution in [0.15, 0.2) is 6.20 Å². The number of thiazole rings is 1. The fourth-order valence-electron chi connectivity index (χ4n) is 0.707. The first-order valence-electron chi connectivity index (χ1n) is 3.57. The van der Waals surface area contributed by atoms with Gasteiger partial charge in [0.25, 0.3) is 0 Å². The fourth-order valence-corrected chi connectivity index (χ4v) is 1.52. The number of carbonyl (C=O) groups is 1. The summed E-state index contributed by atoms with van der Waals surface area (Å²) >= 11 is 1.36. The SMILES string of the molecule is COC(C)(C)c1ncc(C=O)s1. The number of methoxy groups -OCH3 is 1. The summed E-state index contributed by atoms with van der Waals surface area (Å²) in [6, 6.07) is 0. The predicted octanol–water partition coefficient (Wildman–Crippen LogP) is 1.84. The molecule has 1 rings (SSSR count). The average Bonchev–Trinajstić information content (AvgIpc) is 2.52. The van der Waals surface area contributed by atoms with Crippen LogP contribution in [0.4, 0.5) is 0 Å². The van der Waals surface area contributed by atoms with Gasteiger partial charge in [-0.1, -0.05) is 0 Å². The molecule has 0 aromatic carbocycles. The summed E-state index contributed by atoms with van der Waals surface area (Å²) in [5, 5.41) is 0.826. The summed E-state index contributed by atoms with van der Waals surface area (Å²) in [7, 11) is 1.63. The highest BCUT2D eigenvalue weighted by molar-refractivity contribution is 7.13. The number of hydrogen-bond acceptors (Lipinski definition) is 4. The highest BCUT2D eigenvalue weighted by Gasteiger charge is 2.23. The first-order chi connectivity index (χ1) is 5.60. The van der Waals surface area contributed by atoms with Crippen LogP contribution in [0.25, 0.3) is 0 Å². The molecule has 0 bridgehead atoms. The van der Waals surface area contributed by atoms with Gasteiger partial charge in [0.2, 0.25) is 0 Å². The smallest absolute Gasteiger partial charge is 0.161 e. The van der Waals surface area contributed by atoms with Crippen LogP contribution >= 0.6 is 11.3 Å². The lowest BCUT2D eigenvalue weighted by atomic mass is 10.1. The topological polar surface area (TPSA) is 39.2 Å². The van der Waals surface area contributed by atoms with E-state index in [1.54, 1.807) is 13.3 Å². The second-order valence-corrected chi connectivity index (χ2v) is 3.96. The van der Waals surface area contributed by atoms with Gasteiger partial charge < -0.3 is 4.74 Å². The van der Waals surface area contributed by atoms with Crippen molar-refractivity contribution < 1.29 is 9.53 Å². The summed E-state index contributed by atoms with van der Waals surface area (Å²) in [4.78, 5) is 15.1. The summed E-state index contributed by atoms with van der Waals surface area (Å²) in [6.07, 6.45) is 2.36. The van der Waals surface area contributed by atoms with E-state index in [4.69, 9.17) is 4.74 Å². The van der Waals surface area contributed by atoms with Gasteiger partial charge in [-0.15, -0.1) is 11.3 Å². The molecule has 0 fully saturated rings. The third-order valence-electron chi connectivity index (χ3n) is 1.67. The molecule has 4 heteroatoms. The first-order valence-corrected chi connectivity index (χ1v) is 4.38. The van der Waals surface area contributed by atoms with Crippen LogP contribution in [-0.4, -0.2) is 18.4 Å². The van der Waals surface area contributed by atoms with Crippen LogP contribution in [0.1, 0.15) is 28.5 Å². The van der Waals surface area contributed by atoms with Crippen LogP contribution in [0.3, 0.4) is 0 Å². The van der Waals surface area contributed by atoms with Crippen molar-refractivity contribution in [3.63, 3.8) is 0 Å². The summed E-state index contributed by atoms with van der Waals surface area (Å²) in [5.74, 6) is 0. The largest absolute Gasteiger partial charge is 0.372 e. The maximum absolute atomic E-state index is 10.4. The standard InChI is InChI=1S/C8H11NO2S/c1-8(2,11-3)7-9-4-6(5-10)12-7/h4-5H,1-3H3. The second-order valence-electron chi connectivity index (χ2n) is 2.90. The minimum atomic E-state index is -0.397. The number of rotatable bonds is 3. The molecule has 0 amide bonds. The van der Waals surface area contributed by atoms with Gasteiger partial charge in [0.15, 0.2) is 6.29 Å². The number of aromatic nitrogens is 1. The van der Waals surface area contributed by atoms with Crippen molar-refractivity contribution in [3.8, 4) is 0 Å². The van der Waals surface area contributed by atoms with Crippen LogP contribution in [-0.2, 0) is 10.3 Å². The van der Waals surface area contributed by atoms with Crippen molar-refractivity contribution in [3.05, 3.63) is 16.1 Å².